The maximum Gasteiger partial charge on any atom is 0.288 e. The molecule has 1 N–H and O–H groups in total. The fraction of sp³-hybridized carbons (Fsp3) is 0.462. The van der Waals surface area contributed by atoms with Crippen LogP contribution in [-0.2, 0) is 4.74 Å². The van der Waals surface area contributed by atoms with Gasteiger partial charge in [0.25, 0.3) is 11.6 Å². The summed E-state index contributed by atoms with van der Waals surface area (Å²) in [5, 5.41) is 13.3. The zero-order valence-corrected chi connectivity index (χ0v) is 12.3. The molecule has 1 atom stereocenters. The molecule has 1 saturated heterocycles. The third kappa shape index (κ3) is 3.90. The van der Waals surface area contributed by atoms with E-state index in [4.69, 9.17) is 16.3 Å². The third-order valence-corrected chi connectivity index (χ3v) is 3.65. The maximum atomic E-state index is 12.1. The van der Waals surface area contributed by atoms with E-state index in [-0.39, 0.29) is 22.4 Å². The van der Waals surface area contributed by atoms with Crippen LogP contribution in [0.25, 0.3) is 0 Å². The number of amides is 1. The number of nitrogens with one attached hydrogen (secondary N) is 1. The lowest BCUT2D eigenvalue weighted by atomic mass is 10.2. The molecule has 0 bridgehead atoms. The van der Waals surface area contributed by atoms with E-state index in [1.807, 2.05) is 7.05 Å². The van der Waals surface area contributed by atoms with E-state index in [0.717, 1.165) is 13.1 Å². The Morgan fingerprint density at radius 1 is 1.62 bits per heavy atom. The van der Waals surface area contributed by atoms with Gasteiger partial charge in [0.05, 0.1) is 23.2 Å². The molecule has 114 valence electrons. The number of halogens is 1. The molecule has 7 nitrogen and oxygen atoms in total. The van der Waals surface area contributed by atoms with Crippen LogP contribution in [0.4, 0.5) is 5.69 Å². The van der Waals surface area contributed by atoms with Crippen molar-refractivity contribution in [3.8, 4) is 0 Å². The molecule has 1 unspecified atom stereocenters. The van der Waals surface area contributed by atoms with Crippen LogP contribution in [0.1, 0.15) is 10.4 Å². The van der Waals surface area contributed by atoms with Gasteiger partial charge in [-0.2, -0.15) is 0 Å². The average molecular weight is 314 g/mol. The Labute approximate surface area is 127 Å². The molecule has 0 radical (unpaired) electrons. The summed E-state index contributed by atoms with van der Waals surface area (Å²) in [5.74, 6) is -0.444. The van der Waals surface area contributed by atoms with Crippen LogP contribution in [-0.4, -0.2) is 55.1 Å². The number of nitro groups is 1. The van der Waals surface area contributed by atoms with Gasteiger partial charge in [0.15, 0.2) is 0 Å². The molecule has 21 heavy (non-hydrogen) atoms. The Bertz CT molecular complexity index is 552. The Kier molecular flexibility index (Phi) is 5.11. The zero-order valence-electron chi connectivity index (χ0n) is 11.5. The van der Waals surface area contributed by atoms with Crippen LogP contribution in [0, 0.1) is 10.1 Å². The summed E-state index contributed by atoms with van der Waals surface area (Å²) in [6.45, 7) is 2.54. The van der Waals surface area contributed by atoms with Crippen molar-refractivity contribution in [3.05, 3.63) is 38.9 Å². The molecule has 1 aromatic carbocycles. The summed E-state index contributed by atoms with van der Waals surface area (Å²) in [4.78, 5) is 24.4. The van der Waals surface area contributed by atoms with Crippen molar-refractivity contribution >= 4 is 23.2 Å². The number of carbonyl (C=O) groups excluding carboxylic acids is 1. The van der Waals surface area contributed by atoms with E-state index in [1.54, 1.807) is 0 Å². The highest BCUT2D eigenvalue weighted by Gasteiger charge is 2.22. The quantitative estimate of drug-likeness (QED) is 0.669. The van der Waals surface area contributed by atoms with Crippen LogP contribution in [0.15, 0.2) is 18.2 Å². The molecule has 1 aromatic rings. The molecule has 1 fully saturated rings. The number of carbonyl (C=O) groups is 1. The number of nitrogens with zero attached hydrogens (tertiary/aromatic N) is 2. The predicted molar refractivity (Wildman–Crippen MR) is 77.7 cm³/mol. The highest BCUT2D eigenvalue weighted by molar-refractivity contribution is 6.35. The van der Waals surface area contributed by atoms with E-state index < -0.39 is 10.8 Å². The minimum atomic E-state index is -0.613. The zero-order chi connectivity index (χ0) is 15.4. The number of rotatable bonds is 4. The van der Waals surface area contributed by atoms with Gasteiger partial charge in [-0.25, -0.2) is 0 Å². The molecule has 1 amide bonds. The van der Waals surface area contributed by atoms with E-state index in [0.29, 0.717) is 13.2 Å². The van der Waals surface area contributed by atoms with Gasteiger partial charge in [-0.1, -0.05) is 17.7 Å². The number of likely N-dealkylation sites (N-methyl/N-ethyl adjacent to an activating group) is 1. The van der Waals surface area contributed by atoms with E-state index in [1.165, 1.54) is 18.2 Å². The maximum absolute atomic E-state index is 12.1. The Morgan fingerprint density at radius 3 is 3.05 bits per heavy atom. The number of hydrogen-bond donors (Lipinski definition) is 1. The van der Waals surface area contributed by atoms with E-state index in [9.17, 15) is 14.9 Å². The Balaban J connectivity index is 2.00. The standard InChI is InChI=1S/C13H16ClN3O4/c1-16-5-6-21-9(8-16)7-15-13(18)10-3-2-4-11(12(10)14)17(19)20/h2-4,9H,5-8H2,1H3,(H,15,18). The monoisotopic (exact) mass is 313 g/mol. The van der Waals surface area contributed by atoms with Gasteiger partial charge in [0.2, 0.25) is 0 Å². The van der Waals surface area contributed by atoms with Gasteiger partial charge < -0.3 is 15.0 Å². The first-order valence-corrected chi connectivity index (χ1v) is 6.88. The van der Waals surface area contributed by atoms with Crippen LogP contribution in [0.5, 0.6) is 0 Å². The average Bonchev–Trinajstić information content (AvgIpc) is 2.45. The predicted octanol–water partition coefficient (Wildman–Crippen LogP) is 1.31. The number of ether oxygens (including phenoxy) is 1. The van der Waals surface area contributed by atoms with Crippen molar-refractivity contribution in [2.45, 2.75) is 6.10 Å². The van der Waals surface area contributed by atoms with Crippen LogP contribution >= 0.6 is 11.6 Å². The van der Waals surface area contributed by atoms with Gasteiger partial charge in [-0.15, -0.1) is 0 Å². The summed E-state index contributed by atoms with van der Waals surface area (Å²) in [7, 11) is 1.98. The van der Waals surface area contributed by atoms with Gasteiger partial charge in [0, 0.05) is 25.7 Å². The molecular formula is C13H16ClN3O4. The lowest BCUT2D eigenvalue weighted by Crippen LogP contribution is -2.45. The van der Waals surface area contributed by atoms with Crippen LogP contribution in [0.3, 0.4) is 0 Å². The number of nitro benzene ring substituents is 1. The molecule has 8 heteroatoms. The Hall–Kier alpha value is -1.70. The molecule has 1 aliphatic heterocycles. The SMILES string of the molecule is CN1CCOC(CNC(=O)c2cccc([N+](=O)[O-])c2Cl)C1. The lowest BCUT2D eigenvalue weighted by molar-refractivity contribution is -0.384. The fourth-order valence-electron chi connectivity index (χ4n) is 2.13. The highest BCUT2D eigenvalue weighted by atomic mass is 35.5. The number of benzene rings is 1. The molecule has 0 aliphatic carbocycles. The van der Waals surface area contributed by atoms with Crippen LogP contribution in [0.2, 0.25) is 5.02 Å². The van der Waals surface area contributed by atoms with E-state index >= 15 is 0 Å². The van der Waals surface area contributed by atoms with Crippen molar-refractivity contribution < 1.29 is 14.5 Å². The van der Waals surface area contributed by atoms with Gasteiger partial charge >= 0.3 is 0 Å². The van der Waals surface area contributed by atoms with Crippen LogP contribution < -0.4 is 5.32 Å². The first-order chi connectivity index (χ1) is 9.99. The van der Waals surface area contributed by atoms with Gasteiger partial charge in [-0.05, 0) is 13.1 Å². The molecule has 1 heterocycles. The highest BCUT2D eigenvalue weighted by Crippen LogP contribution is 2.27. The summed E-state index contributed by atoms with van der Waals surface area (Å²) < 4.78 is 5.53. The molecule has 2 rings (SSSR count). The van der Waals surface area contributed by atoms with E-state index in [2.05, 4.69) is 10.2 Å². The second kappa shape index (κ2) is 6.84. The minimum absolute atomic E-state index is 0.0924. The Morgan fingerprint density at radius 2 is 2.38 bits per heavy atom. The number of hydrogen-bond acceptors (Lipinski definition) is 5. The molecule has 0 aromatic heterocycles. The van der Waals surface area contributed by atoms with Crippen molar-refractivity contribution in [1.29, 1.82) is 0 Å². The molecule has 0 spiro atoms. The van der Waals surface area contributed by atoms with Crippen molar-refractivity contribution in [2.75, 3.05) is 33.3 Å². The largest absolute Gasteiger partial charge is 0.374 e. The second-order valence-electron chi connectivity index (χ2n) is 4.86. The lowest BCUT2D eigenvalue weighted by Gasteiger charge is -2.30. The second-order valence-corrected chi connectivity index (χ2v) is 5.24. The summed E-state index contributed by atoms with van der Waals surface area (Å²) in [6.07, 6.45) is -0.0924. The normalized spacial score (nSPS) is 19.2. The first-order valence-electron chi connectivity index (χ1n) is 6.50. The molecule has 0 saturated carbocycles. The number of morpholine rings is 1. The third-order valence-electron chi connectivity index (χ3n) is 3.25. The van der Waals surface area contributed by atoms with Crippen molar-refractivity contribution in [3.63, 3.8) is 0 Å². The van der Waals surface area contributed by atoms with Gasteiger partial charge in [-0.3, -0.25) is 14.9 Å². The first kappa shape index (κ1) is 15.7. The minimum Gasteiger partial charge on any atom is -0.374 e. The summed E-state index contributed by atoms with van der Waals surface area (Å²) >= 11 is 5.90. The van der Waals surface area contributed by atoms with Crippen molar-refractivity contribution in [2.24, 2.45) is 0 Å². The fourth-order valence-corrected chi connectivity index (χ4v) is 2.41. The van der Waals surface area contributed by atoms with Gasteiger partial charge in [0.1, 0.15) is 5.02 Å². The smallest absolute Gasteiger partial charge is 0.288 e. The topological polar surface area (TPSA) is 84.7 Å². The summed E-state index contributed by atoms with van der Waals surface area (Å²) in [6, 6.07) is 4.15. The summed E-state index contributed by atoms with van der Waals surface area (Å²) in [5.41, 5.74) is -0.187. The molecule has 1 aliphatic rings. The van der Waals surface area contributed by atoms with Crippen molar-refractivity contribution in [1.82, 2.24) is 10.2 Å². The molecular weight excluding hydrogens is 298 g/mol.